The molecule has 9 nitrogen and oxygen atoms in total. The quantitative estimate of drug-likeness (QED) is 0.743. The number of ether oxygens (including phenoxy) is 1. The van der Waals surface area contributed by atoms with Crippen LogP contribution < -0.4 is 20.4 Å². The van der Waals surface area contributed by atoms with Gasteiger partial charge < -0.3 is 20.3 Å². The lowest BCUT2D eigenvalue weighted by molar-refractivity contribution is 0.0845. The molecule has 2 N–H and O–H groups in total. The smallest absolute Gasteiger partial charge is 0.321 e. The molecule has 1 atom stereocenters. The zero-order valence-corrected chi connectivity index (χ0v) is 18.0. The van der Waals surface area contributed by atoms with Gasteiger partial charge in [0.15, 0.2) is 0 Å². The number of hydrogen-bond donors (Lipinski definition) is 2. The predicted octanol–water partition coefficient (Wildman–Crippen LogP) is 1.91. The fourth-order valence-electron chi connectivity index (χ4n) is 4.60. The standard InChI is InChI=1S/C23H28N6O3/c30-21(17-2-1-3-19(14-17)29-11-9-25-23(29)31)26-18-5-10-28(15-18)22-24-8-4-20(27-22)16-6-12-32-13-7-16/h1-4,8,14,16,18H,5-7,9-13,15H2,(H,25,31)(H,26,30). The van der Waals surface area contributed by atoms with E-state index in [0.29, 0.717) is 31.1 Å². The van der Waals surface area contributed by atoms with Crippen molar-refractivity contribution >= 4 is 23.6 Å². The fourth-order valence-corrected chi connectivity index (χ4v) is 4.60. The molecule has 4 heterocycles. The van der Waals surface area contributed by atoms with Gasteiger partial charge in [0.05, 0.1) is 0 Å². The van der Waals surface area contributed by atoms with Crippen LogP contribution in [0, 0.1) is 0 Å². The Hall–Kier alpha value is -3.20. The Morgan fingerprint density at radius 2 is 2.03 bits per heavy atom. The number of amides is 3. The Balaban J connectivity index is 1.21. The molecule has 9 heteroatoms. The van der Waals surface area contributed by atoms with Crippen LogP contribution in [0.4, 0.5) is 16.4 Å². The first-order valence-electron chi connectivity index (χ1n) is 11.3. The lowest BCUT2D eigenvalue weighted by atomic mass is 9.96. The zero-order valence-electron chi connectivity index (χ0n) is 18.0. The van der Waals surface area contributed by atoms with Gasteiger partial charge in [0.25, 0.3) is 5.91 Å². The minimum absolute atomic E-state index is 0.0246. The largest absolute Gasteiger partial charge is 0.381 e. The minimum atomic E-state index is -0.129. The van der Waals surface area contributed by atoms with Crippen LogP contribution in [-0.2, 0) is 4.74 Å². The number of aromatic nitrogens is 2. The molecule has 168 valence electrons. The van der Waals surface area contributed by atoms with Crippen molar-refractivity contribution < 1.29 is 14.3 Å². The van der Waals surface area contributed by atoms with Crippen LogP contribution >= 0.6 is 0 Å². The highest BCUT2D eigenvalue weighted by Crippen LogP contribution is 2.27. The number of carbonyl (C=O) groups excluding carboxylic acids is 2. The van der Waals surface area contributed by atoms with Gasteiger partial charge in [0, 0.05) is 74.5 Å². The summed E-state index contributed by atoms with van der Waals surface area (Å²) in [6.07, 6.45) is 4.66. The average molecular weight is 437 g/mol. The first-order valence-corrected chi connectivity index (χ1v) is 11.3. The molecule has 1 aromatic carbocycles. The lowest BCUT2D eigenvalue weighted by Crippen LogP contribution is -2.37. The molecule has 0 saturated carbocycles. The summed E-state index contributed by atoms with van der Waals surface area (Å²) in [6.45, 7) is 4.27. The lowest BCUT2D eigenvalue weighted by Gasteiger charge is -2.23. The van der Waals surface area contributed by atoms with Crippen molar-refractivity contribution in [1.29, 1.82) is 0 Å². The molecule has 32 heavy (non-hydrogen) atoms. The molecule has 0 spiro atoms. The second-order valence-corrected chi connectivity index (χ2v) is 8.51. The number of hydrogen-bond acceptors (Lipinski definition) is 6. The maximum Gasteiger partial charge on any atom is 0.321 e. The first kappa shape index (κ1) is 20.7. The summed E-state index contributed by atoms with van der Waals surface area (Å²) in [4.78, 5) is 37.9. The van der Waals surface area contributed by atoms with Gasteiger partial charge in [-0.25, -0.2) is 14.8 Å². The van der Waals surface area contributed by atoms with Crippen LogP contribution in [0.2, 0.25) is 0 Å². The predicted molar refractivity (Wildman–Crippen MR) is 120 cm³/mol. The highest BCUT2D eigenvalue weighted by Gasteiger charge is 2.28. The van der Waals surface area contributed by atoms with Crippen molar-refractivity contribution in [2.75, 3.05) is 49.2 Å². The van der Waals surface area contributed by atoms with Crippen LogP contribution in [0.15, 0.2) is 36.5 Å². The van der Waals surface area contributed by atoms with Crippen LogP contribution in [0.25, 0.3) is 0 Å². The molecular weight excluding hydrogens is 408 g/mol. The van der Waals surface area contributed by atoms with E-state index in [0.717, 1.165) is 56.4 Å². The summed E-state index contributed by atoms with van der Waals surface area (Å²) in [5.41, 5.74) is 2.37. The second-order valence-electron chi connectivity index (χ2n) is 8.51. The molecule has 3 saturated heterocycles. The normalized spacial score (nSPS) is 21.6. The maximum atomic E-state index is 12.9. The maximum absolute atomic E-state index is 12.9. The number of nitrogens with zero attached hydrogens (tertiary/aromatic N) is 4. The molecule has 3 fully saturated rings. The van der Waals surface area contributed by atoms with Crippen molar-refractivity contribution in [2.24, 2.45) is 0 Å². The fraction of sp³-hybridized carbons (Fsp3) is 0.478. The Bertz CT molecular complexity index is 993. The monoisotopic (exact) mass is 436 g/mol. The summed E-state index contributed by atoms with van der Waals surface area (Å²) in [6, 6.07) is 9.11. The minimum Gasteiger partial charge on any atom is -0.381 e. The topological polar surface area (TPSA) is 99.7 Å². The van der Waals surface area contributed by atoms with E-state index in [9.17, 15) is 9.59 Å². The van der Waals surface area contributed by atoms with E-state index in [1.807, 2.05) is 24.4 Å². The average Bonchev–Trinajstić information content (AvgIpc) is 3.49. The van der Waals surface area contributed by atoms with Gasteiger partial charge in [-0.1, -0.05) is 6.07 Å². The molecule has 1 unspecified atom stereocenters. The van der Waals surface area contributed by atoms with Crippen LogP contribution in [-0.4, -0.2) is 67.3 Å². The highest BCUT2D eigenvalue weighted by molar-refractivity contribution is 5.98. The summed E-state index contributed by atoms with van der Waals surface area (Å²) in [7, 11) is 0. The summed E-state index contributed by atoms with van der Waals surface area (Å²) < 4.78 is 5.46. The van der Waals surface area contributed by atoms with Gasteiger partial charge in [-0.2, -0.15) is 0 Å². The molecule has 3 amide bonds. The summed E-state index contributed by atoms with van der Waals surface area (Å²) in [5.74, 6) is 1.02. The number of urea groups is 1. The summed E-state index contributed by atoms with van der Waals surface area (Å²) in [5, 5.41) is 5.91. The Labute approximate surface area is 187 Å². The molecule has 5 rings (SSSR count). The van der Waals surface area contributed by atoms with Gasteiger partial charge in [0.2, 0.25) is 5.95 Å². The molecule has 3 aliphatic heterocycles. The molecule has 2 aromatic rings. The Kier molecular flexibility index (Phi) is 5.89. The van der Waals surface area contributed by atoms with Crippen LogP contribution in [0.5, 0.6) is 0 Å². The number of nitrogens with one attached hydrogen (secondary N) is 2. The second kappa shape index (κ2) is 9.12. The SMILES string of the molecule is O=C(NC1CCN(c2nccc(C3CCOCC3)n2)C1)c1cccc(N2CCNC2=O)c1. The van der Waals surface area contributed by atoms with E-state index in [-0.39, 0.29) is 18.0 Å². The molecule has 0 aliphatic carbocycles. The molecule has 3 aliphatic rings. The number of carbonyl (C=O) groups is 2. The van der Waals surface area contributed by atoms with E-state index < -0.39 is 0 Å². The van der Waals surface area contributed by atoms with Gasteiger partial charge >= 0.3 is 6.03 Å². The van der Waals surface area contributed by atoms with Crippen LogP contribution in [0.3, 0.4) is 0 Å². The Morgan fingerprint density at radius 1 is 1.16 bits per heavy atom. The van der Waals surface area contributed by atoms with Gasteiger partial charge in [0.1, 0.15) is 0 Å². The molecular formula is C23H28N6O3. The molecule has 0 radical (unpaired) electrons. The van der Waals surface area contributed by atoms with Crippen molar-refractivity contribution in [2.45, 2.75) is 31.2 Å². The number of anilines is 2. The van der Waals surface area contributed by atoms with E-state index >= 15 is 0 Å². The van der Waals surface area contributed by atoms with E-state index in [2.05, 4.69) is 20.5 Å². The zero-order chi connectivity index (χ0) is 21.9. The van der Waals surface area contributed by atoms with Crippen molar-refractivity contribution in [3.8, 4) is 0 Å². The van der Waals surface area contributed by atoms with Crippen molar-refractivity contribution in [3.05, 3.63) is 47.8 Å². The third-order valence-corrected chi connectivity index (χ3v) is 6.39. The van der Waals surface area contributed by atoms with Crippen molar-refractivity contribution in [1.82, 2.24) is 20.6 Å². The number of benzene rings is 1. The van der Waals surface area contributed by atoms with E-state index in [1.54, 1.807) is 17.0 Å². The highest BCUT2D eigenvalue weighted by atomic mass is 16.5. The van der Waals surface area contributed by atoms with Gasteiger partial charge in [-0.05, 0) is 43.5 Å². The van der Waals surface area contributed by atoms with E-state index in [4.69, 9.17) is 9.72 Å². The molecule has 1 aromatic heterocycles. The third-order valence-electron chi connectivity index (χ3n) is 6.39. The molecule has 0 bridgehead atoms. The third kappa shape index (κ3) is 4.38. The number of rotatable bonds is 5. The van der Waals surface area contributed by atoms with E-state index in [1.165, 1.54) is 0 Å². The van der Waals surface area contributed by atoms with Crippen LogP contribution in [0.1, 0.15) is 41.2 Å². The van der Waals surface area contributed by atoms with Crippen molar-refractivity contribution in [3.63, 3.8) is 0 Å². The Morgan fingerprint density at radius 3 is 2.84 bits per heavy atom. The first-order chi connectivity index (χ1) is 15.7. The van der Waals surface area contributed by atoms with Gasteiger partial charge in [-0.3, -0.25) is 9.69 Å². The van der Waals surface area contributed by atoms with Gasteiger partial charge in [-0.15, -0.1) is 0 Å². The summed E-state index contributed by atoms with van der Waals surface area (Å²) >= 11 is 0.